The second-order valence-electron chi connectivity index (χ2n) is 7.42. The van der Waals surface area contributed by atoms with Gasteiger partial charge in [-0.1, -0.05) is 0 Å². The van der Waals surface area contributed by atoms with Crippen molar-refractivity contribution in [2.75, 3.05) is 33.3 Å². The maximum Gasteiger partial charge on any atom is 0.270 e. The zero-order valence-electron chi connectivity index (χ0n) is 17.3. The van der Waals surface area contributed by atoms with Crippen molar-refractivity contribution >= 4 is 26.8 Å². The Balaban J connectivity index is 1.50. The second kappa shape index (κ2) is 7.77. The molecular formula is C20H25N5O4S. The van der Waals surface area contributed by atoms with Gasteiger partial charge in [0.05, 0.1) is 7.11 Å². The van der Waals surface area contributed by atoms with Crippen molar-refractivity contribution in [3.8, 4) is 5.75 Å². The van der Waals surface area contributed by atoms with E-state index in [9.17, 15) is 13.2 Å². The van der Waals surface area contributed by atoms with E-state index in [0.29, 0.717) is 43.3 Å². The molecule has 1 aromatic carbocycles. The minimum atomic E-state index is -3.69. The highest BCUT2D eigenvalue weighted by atomic mass is 32.2. The molecule has 160 valence electrons. The Morgan fingerprint density at radius 3 is 2.67 bits per heavy atom. The van der Waals surface area contributed by atoms with E-state index in [1.807, 2.05) is 24.3 Å². The van der Waals surface area contributed by atoms with Gasteiger partial charge in [-0.15, -0.1) is 0 Å². The lowest BCUT2D eigenvalue weighted by Crippen LogP contribution is -2.37. The number of sulfonamides is 1. The van der Waals surface area contributed by atoms with E-state index in [1.54, 1.807) is 30.5 Å². The number of carbonyl (C=O) groups is 1. The molecule has 0 aliphatic carbocycles. The van der Waals surface area contributed by atoms with E-state index in [1.165, 1.54) is 10.5 Å². The van der Waals surface area contributed by atoms with Crippen LogP contribution in [0.4, 0.5) is 0 Å². The summed E-state index contributed by atoms with van der Waals surface area (Å²) in [6, 6.07) is 7.40. The first-order valence-corrected chi connectivity index (χ1v) is 11.2. The molecule has 1 aliphatic heterocycles. The average Bonchev–Trinajstić information content (AvgIpc) is 3.20. The number of H-pyrrole nitrogens is 1. The van der Waals surface area contributed by atoms with Gasteiger partial charge in [0.1, 0.15) is 17.3 Å². The predicted molar refractivity (Wildman–Crippen MR) is 112 cm³/mol. The number of aryl methyl sites for hydroxylation is 2. The second-order valence-corrected chi connectivity index (χ2v) is 9.31. The monoisotopic (exact) mass is 431 g/mol. The van der Waals surface area contributed by atoms with Crippen molar-refractivity contribution in [3.63, 3.8) is 0 Å². The molecule has 1 fully saturated rings. The van der Waals surface area contributed by atoms with Crippen LogP contribution in [0.2, 0.25) is 0 Å². The van der Waals surface area contributed by atoms with Crippen LogP contribution in [0, 0.1) is 6.92 Å². The lowest BCUT2D eigenvalue weighted by Gasteiger charge is -2.21. The molecule has 30 heavy (non-hydrogen) atoms. The number of carbonyl (C=O) groups excluding carboxylic acids is 1. The summed E-state index contributed by atoms with van der Waals surface area (Å²) < 4.78 is 34.2. The molecule has 0 unspecified atom stereocenters. The summed E-state index contributed by atoms with van der Waals surface area (Å²) in [5, 5.41) is 0.968. The van der Waals surface area contributed by atoms with E-state index < -0.39 is 10.0 Å². The summed E-state index contributed by atoms with van der Waals surface area (Å²) in [5.74, 6) is 1.21. The van der Waals surface area contributed by atoms with Gasteiger partial charge in [0.25, 0.3) is 15.9 Å². The maximum absolute atomic E-state index is 13.0. The van der Waals surface area contributed by atoms with E-state index in [4.69, 9.17) is 4.74 Å². The SMILES string of the molecule is COc1ccc2cc(C(=O)N3CCCN(S(=O)(=O)c4cn(C)c(C)n4)CC3)[nH]c2c1. The minimum absolute atomic E-state index is 0.0480. The summed E-state index contributed by atoms with van der Waals surface area (Å²) >= 11 is 0. The van der Waals surface area contributed by atoms with Crippen LogP contribution in [0.15, 0.2) is 35.5 Å². The highest BCUT2D eigenvalue weighted by molar-refractivity contribution is 7.89. The number of hydrogen-bond acceptors (Lipinski definition) is 5. The number of hydrogen-bond donors (Lipinski definition) is 1. The van der Waals surface area contributed by atoms with Crippen molar-refractivity contribution in [2.45, 2.75) is 18.4 Å². The van der Waals surface area contributed by atoms with Crippen LogP contribution in [-0.4, -0.2) is 71.4 Å². The number of imidazole rings is 1. The van der Waals surface area contributed by atoms with Gasteiger partial charge in [0.2, 0.25) is 0 Å². The molecule has 9 nitrogen and oxygen atoms in total. The number of nitrogens with zero attached hydrogens (tertiary/aromatic N) is 4. The third-order valence-corrected chi connectivity index (χ3v) is 7.26. The Bertz CT molecular complexity index is 1180. The molecule has 3 aromatic rings. The fraction of sp³-hybridized carbons (Fsp3) is 0.400. The van der Waals surface area contributed by atoms with Crippen LogP contribution in [0.1, 0.15) is 22.7 Å². The molecule has 1 N–H and O–H groups in total. The minimum Gasteiger partial charge on any atom is -0.497 e. The quantitative estimate of drug-likeness (QED) is 0.678. The van der Waals surface area contributed by atoms with Crippen molar-refractivity contribution in [3.05, 3.63) is 42.0 Å². The van der Waals surface area contributed by atoms with Gasteiger partial charge in [-0.2, -0.15) is 4.31 Å². The van der Waals surface area contributed by atoms with E-state index >= 15 is 0 Å². The first-order chi connectivity index (χ1) is 14.3. The first kappa shape index (κ1) is 20.4. The van der Waals surface area contributed by atoms with Gasteiger partial charge in [-0.3, -0.25) is 4.79 Å². The van der Waals surface area contributed by atoms with Gasteiger partial charge < -0.3 is 19.2 Å². The highest BCUT2D eigenvalue weighted by Crippen LogP contribution is 2.23. The van der Waals surface area contributed by atoms with E-state index in [-0.39, 0.29) is 17.5 Å². The van der Waals surface area contributed by atoms with Crippen molar-refractivity contribution < 1.29 is 17.9 Å². The number of rotatable bonds is 4. The van der Waals surface area contributed by atoms with Crippen LogP contribution >= 0.6 is 0 Å². The van der Waals surface area contributed by atoms with Crippen molar-refractivity contribution in [1.82, 2.24) is 23.7 Å². The summed E-state index contributed by atoms with van der Waals surface area (Å²) in [5.41, 5.74) is 1.30. The van der Waals surface area contributed by atoms with Crippen LogP contribution in [0.25, 0.3) is 10.9 Å². The fourth-order valence-electron chi connectivity index (χ4n) is 3.64. The van der Waals surface area contributed by atoms with Crippen LogP contribution in [-0.2, 0) is 17.1 Å². The topological polar surface area (TPSA) is 101 Å². The van der Waals surface area contributed by atoms with Crippen molar-refractivity contribution in [2.24, 2.45) is 7.05 Å². The lowest BCUT2D eigenvalue weighted by atomic mass is 10.2. The van der Waals surface area contributed by atoms with Crippen molar-refractivity contribution in [1.29, 1.82) is 0 Å². The highest BCUT2D eigenvalue weighted by Gasteiger charge is 2.30. The molecule has 2 aromatic heterocycles. The molecule has 1 aliphatic rings. The average molecular weight is 432 g/mol. The number of aromatic amines is 1. The normalized spacial score (nSPS) is 16.0. The predicted octanol–water partition coefficient (Wildman–Crippen LogP) is 1.76. The van der Waals surface area contributed by atoms with Gasteiger partial charge >= 0.3 is 0 Å². The van der Waals surface area contributed by atoms with Crippen LogP contribution in [0.5, 0.6) is 5.75 Å². The molecule has 0 saturated carbocycles. The first-order valence-electron chi connectivity index (χ1n) is 9.76. The summed E-state index contributed by atoms with van der Waals surface area (Å²) in [6.07, 6.45) is 2.09. The Morgan fingerprint density at radius 1 is 1.17 bits per heavy atom. The Hall–Kier alpha value is -2.85. The zero-order valence-corrected chi connectivity index (χ0v) is 18.1. The standard InChI is InChI=1S/C20H25N5O4S/c1-14-21-19(13-23(14)2)30(27,28)25-8-4-7-24(9-10-25)20(26)18-11-15-5-6-16(29-3)12-17(15)22-18/h5-6,11-13,22H,4,7-10H2,1-3H3. The van der Waals surface area contributed by atoms with Gasteiger partial charge in [-0.05, 0) is 31.5 Å². The molecule has 0 spiro atoms. The molecular weight excluding hydrogens is 406 g/mol. The number of nitrogens with one attached hydrogen (secondary N) is 1. The Kier molecular flexibility index (Phi) is 5.29. The number of fused-ring (bicyclic) bond motifs is 1. The van der Waals surface area contributed by atoms with Crippen LogP contribution < -0.4 is 4.74 Å². The number of benzene rings is 1. The summed E-state index contributed by atoms with van der Waals surface area (Å²) in [7, 11) is -0.327. The molecule has 3 heterocycles. The molecule has 10 heteroatoms. The summed E-state index contributed by atoms with van der Waals surface area (Å²) in [4.78, 5) is 22.0. The number of methoxy groups -OCH3 is 1. The van der Waals surface area contributed by atoms with Gasteiger partial charge in [0.15, 0.2) is 5.03 Å². The van der Waals surface area contributed by atoms with Gasteiger partial charge in [0, 0.05) is 56.4 Å². The van der Waals surface area contributed by atoms with E-state index in [0.717, 1.165) is 10.9 Å². The Labute approximate surface area is 175 Å². The lowest BCUT2D eigenvalue weighted by molar-refractivity contribution is 0.0759. The number of ether oxygens (including phenoxy) is 1. The van der Waals surface area contributed by atoms with Crippen LogP contribution in [0.3, 0.4) is 0 Å². The molecule has 0 atom stereocenters. The smallest absolute Gasteiger partial charge is 0.270 e. The fourth-order valence-corrected chi connectivity index (χ4v) is 5.13. The van der Waals surface area contributed by atoms with Gasteiger partial charge in [-0.25, -0.2) is 13.4 Å². The summed E-state index contributed by atoms with van der Waals surface area (Å²) in [6.45, 7) is 3.16. The number of amides is 1. The number of aromatic nitrogens is 3. The third-order valence-electron chi connectivity index (χ3n) is 5.49. The largest absolute Gasteiger partial charge is 0.497 e. The molecule has 0 radical (unpaired) electrons. The van der Waals surface area contributed by atoms with E-state index in [2.05, 4.69) is 9.97 Å². The molecule has 1 amide bonds. The zero-order chi connectivity index (χ0) is 21.5. The molecule has 0 bridgehead atoms. The maximum atomic E-state index is 13.0. The Morgan fingerprint density at radius 2 is 1.97 bits per heavy atom. The third kappa shape index (κ3) is 3.68. The molecule has 4 rings (SSSR count). The molecule has 1 saturated heterocycles.